The second kappa shape index (κ2) is 6.09. The second-order valence-corrected chi connectivity index (χ2v) is 4.10. The fourth-order valence-electron chi connectivity index (χ4n) is 1.01. The number of primary amides is 1. The molecule has 0 fully saturated rings. The largest absolute Gasteiger partial charge is 0.480 e. The molecule has 92 valence electrons. The van der Waals surface area contributed by atoms with Gasteiger partial charge in [0.05, 0.1) is 6.42 Å². The molecule has 0 saturated heterocycles. The van der Waals surface area contributed by atoms with Crippen molar-refractivity contribution in [3.8, 4) is 0 Å². The summed E-state index contributed by atoms with van der Waals surface area (Å²) in [6.07, 6.45) is -0.397. The number of hydrogen-bond acceptors (Lipinski definition) is 3. The highest BCUT2D eigenvalue weighted by atomic mass is 16.4. The zero-order valence-corrected chi connectivity index (χ0v) is 9.69. The van der Waals surface area contributed by atoms with Crippen LogP contribution in [0.4, 0.5) is 0 Å². The van der Waals surface area contributed by atoms with E-state index in [0.717, 1.165) is 0 Å². The summed E-state index contributed by atoms with van der Waals surface area (Å²) in [4.78, 5) is 32.9. The number of rotatable bonds is 6. The molecular weight excluding hydrogens is 212 g/mol. The van der Waals surface area contributed by atoms with Crippen LogP contribution in [0.15, 0.2) is 0 Å². The average molecular weight is 230 g/mol. The van der Waals surface area contributed by atoms with Gasteiger partial charge in [0.25, 0.3) is 0 Å². The summed E-state index contributed by atoms with van der Waals surface area (Å²) in [6.45, 7) is 5.41. The highest BCUT2D eigenvalue weighted by Crippen LogP contribution is 2.10. The third-order valence-corrected chi connectivity index (χ3v) is 2.43. The molecule has 16 heavy (non-hydrogen) atoms. The number of amides is 2. The minimum Gasteiger partial charge on any atom is -0.480 e. The van der Waals surface area contributed by atoms with Gasteiger partial charge in [-0.2, -0.15) is 0 Å². The van der Waals surface area contributed by atoms with Gasteiger partial charge in [-0.1, -0.05) is 20.8 Å². The Kier molecular flexibility index (Phi) is 5.49. The van der Waals surface area contributed by atoms with Crippen LogP contribution in [0, 0.1) is 11.8 Å². The predicted octanol–water partition coefficient (Wildman–Crippen LogP) is -0.277. The molecule has 0 aromatic rings. The van der Waals surface area contributed by atoms with Crippen molar-refractivity contribution in [2.24, 2.45) is 17.6 Å². The minimum absolute atomic E-state index is 0.100. The third-order valence-electron chi connectivity index (χ3n) is 2.43. The molecule has 0 saturated carbocycles. The van der Waals surface area contributed by atoms with Gasteiger partial charge < -0.3 is 16.2 Å². The monoisotopic (exact) mass is 230 g/mol. The van der Waals surface area contributed by atoms with Gasteiger partial charge in [-0.25, -0.2) is 4.79 Å². The van der Waals surface area contributed by atoms with Gasteiger partial charge in [-0.3, -0.25) is 9.59 Å². The molecule has 0 aromatic carbocycles. The number of nitrogens with two attached hydrogens (primary N) is 1. The maximum atomic E-state index is 11.6. The summed E-state index contributed by atoms with van der Waals surface area (Å²) in [5.74, 6) is -2.62. The Labute approximate surface area is 94.2 Å². The van der Waals surface area contributed by atoms with Crippen LogP contribution in [0.3, 0.4) is 0 Å². The van der Waals surface area contributed by atoms with E-state index < -0.39 is 24.3 Å². The zero-order chi connectivity index (χ0) is 12.9. The van der Waals surface area contributed by atoms with Gasteiger partial charge in [0.15, 0.2) is 0 Å². The molecule has 0 radical (unpaired) electrons. The van der Waals surface area contributed by atoms with Gasteiger partial charge in [0, 0.05) is 5.92 Å². The molecule has 0 rings (SSSR count). The molecule has 2 amide bonds. The van der Waals surface area contributed by atoms with Gasteiger partial charge in [0.2, 0.25) is 11.8 Å². The standard InChI is InChI=1S/C10H18N2O4/c1-5(2)6(3)9(14)12-7(10(15)16)4-8(11)13/h5-7H,4H2,1-3H3,(H2,11,13)(H,12,14)(H,15,16). The topological polar surface area (TPSA) is 109 Å². The summed E-state index contributed by atoms with van der Waals surface area (Å²) in [7, 11) is 0. The Balaban J connectivity index is 4.46. The van der Waals surface area contributed by atoms with Crippen molar-refractivity contribution in [1.82, 2.24) is 5.32 Å². The first kappa shape index (κ1) is 14.4. The Morgan fingerprint density at radius 1 is 1.25 bits per heavy atom. The van der Waals surface area contributed by atoms with E-state index >= 15 is 0 Å². The maximum absolute atomic E-state index is 11.6. The molecule has 6 nitrogen and oxygen atoms in total. The number of carboxylic acids is 1. The quantitative estimate of drug-likeness (QED) is 0.583. The Hall–Kier alpha value is -1.59. The van der Waals surface area contributed by atoms with E-state index in [4.69, 9.17) is 10.8 Å². The lowest BCUT2D eigenvalue weighted by atomic mass is 9.97. The van der Waals surface area contributed by atoms with E-state index in [0.29, 0.717) is 0 Å². The van der Waals surface area contributed by atoms with Crippen molar-refractivity contribution in [3.63, 3.8) is 0 Å². The van der Waals surface area contributed by atoms with Gasteiger partial charge in [-0.15, -0.1) is 0 Å². The van der Waals surface area contributed by atoms with Crippen LogP contribution >= 0.6 is 0 Å². The van der Waals surface area contributed by atoms with Gasteiger partial charge >= 0.3 is 5.97 Å². The van der Waals surface area contributed by atoms with Crippen LogP contribution in [0.25, 0.3) is 0 Å². The molecule has 0 aliphatic heterocycles. The molecule has 0 spiro atoms. The fourth-order valence-corrected chi connectivity index (χ4v) is 1.01. The molecule has 0 bridgehead atoms. The van der Waals surface area contributed by atoms with Crippen LogP contribution in [-0.4, -0.2) is 28.9 Å². The van der Waals surface area contributed by atoms with Crippen molar-refractivity contribution in [3.05, 3.63) is 0 Å². The first-order valence-electron chi connectivity index (χ1n) is 5.07. The van der Waals surface area contributed by atoms with Crippen LogP contribution in [-0.2, 0) is 14.4 Å². The van der Waals surface area contributed by atoms with Crippen LogP contribution in [0.1, 0.15) is 27.2 Å². The number of nitrogens with one attached hydrogen (secondary N) is 1. The number of carbonyl (C=O) groups is 3. The second-order valence-electron chi connectivity index (χ2n) is 4.10. The van der Waals surface area contributed by atoms with Gasteiger partial charge in [0.1, 0.15) is 6.04 Å². The van der Waals surface area contributed by atoms with Crippen LogP contribution in [0.2, 0.25) is 0 Å². The third kappa shape index (κ3) is 4.77. The van der Waals surface area contributed by atoms with E-state index in [-0.39, 0.29) is 17.7 Å². The Bertz CT molecular complexity index is 289. The van der Waals surface area contributed by atoms with Crippen LogP contribution < -0.4 is 11.1 Å². The lowest BCUT2D eigenvalue weighted by Crippen LogP contribution is -2.46. The zero-order valence-electron chi connectivity index (χ0n) is 9.69. The lowest BCUT2D eigenvalue weighted by Gasteiger charge is -2.18. The molecule has 4 N–H and O–H groups in total. The summed E-state index contributed by atoms with van der Waals surface area (Å²) in [5, 5.41) is 11.1. The molecule has 0 aliphatic carbocycles. The van der Waals surface area contributed by atoms with Crippen molar-refractivity contribution in [2.75, 3.05) is 0 Å². The highest BCUT2D eigenvalue weighted by molar-refractivity contribution is 5.88. The highest BCUT2D eigenvalue weighted by Gasteiger charge is 2.25. The maximum Gasteiger partial charge on any atom is 0.326 e. The van der Waals surface area contributed by atoms with E-state index in [1.807, 2.05) is 13.8 Å². The predicted molar refractivity (Wildman–Crippen MR) is 57.4 cm³/mol. The van der Waals surface area contributed by atoms with Crippen LogP contribution in [0.5, 0.6) is 0 Å². The SMILES string of the molecule is CC(C)C(C)C(=O)NC(CC(N)=O)C(=O)O. The minimum atomic E-state index is -1.26. The van der Waals surface area contributed by atoms with Crippen molar-refractivity contribution < 1.29 is 19.5 Å². The van der Waals surface area contributed by atoms with E-state index in [1.54, 1.807) is 6.92 Å². The molecule has 6 heteroatoms. The number of carbonyl (C=O) groups excluding carboxylic acids is 2. The normalized spacial score (nSPS) is 14.2. The summed E-state index contributed by atoms with van der Waals surface area (Å²) < 4.78 is 0. The lowest BCUT2D eigenvalue weighted by molar-refractivity contribution is -0.144. The average Bonchev–Trinajstić information content (AvgIpc) is 2.14. The van der Waals surface area contributed by atoms with E-state index in [9.17, 15) is 14.4 Å². The first-order valence-corrected chi connectivity index (χ1v) is 5.07. The van der Waals surface area contributed by atoms with Gasteiger partial charge in [-0.05, 0) is 5.92 Å². The molecular formula is C10H18N2O4. The summed E-state index contributed by atoms with van der Waals surface area (Å²) >= 11 is 0. The molecule has 2 atom stereocenters. The van der Waals surface area contributed by atoms with Crippen molar-refractivity contribution >= 4 is 17.8 Å². The molecule has 2 unspecified atom stereocenters. The number of hydrogen-bond donors (Lipinski definition) is 3. The smallest absolute Gasteiger partial charge is 0.326 e. The first-order chi connectivity index (χ1) is 7.25. The molecule has 0 aliphatic rings. The Morgan fingerprint density at radius 2 is 1.75 bits per heavy atom. The van der Waals surface area contributed by atoms with E-state index in [2.05, 4.69) is 5.32 Å². The van der Waals surface area contributed by atoms with E-state index in [1.165, 1.54) is 0 Å². The Morgan fingerprint density at radius 3 is 2.06 bits per heavy atom. The summed E-state index contributed by atoms with van der Waals surface area (Å²) in [5.41, 5.74) is 4.89. The fraction of sp³-hybridized carbons (Fsp3) is 0.700. The molecule has 0 heterocycles. The van der Waals surface area contributed by atoms with Crippen molar-refractivity contribution in [1.29, 1.82) is 0 Å². The summed E-state index contributed by atoms with van der Waals surface area (Å²) in [6, 6.07) is -1.24. The number of aliphatic carboxylic acids is 1. The number of carboxylic acid groups (broad SMARTS) is 1. The van der Waals surface area contributed by atoms with Crippen molar-refractivity contribution in [2.45, 2.75) is 33.2 Å². The molecule has 0 aromatic heterocycles.